The van der Waals surface area contributed by atoms with Crippen LogP contribution in [0.4, 0.5) is 0 Å². The van der Waals surface area contributed by atoms with Crippen LogP contribution >= 0.6 is 0 Å². The molecule has 1 aliphatic heterocycles. The van der Waals surface area contributed by atoms with Gasteiger partial charge < -0.3 is 14.8 Å². The van der Waals surface area contributed by atoms with E-state index in [1.54, 1.807) is 19.2 Å². The van der Waals surface area contributed by atoms with Gasteiger partial charge in [-0.15, -0.1) is 0 Å². The smallest absolute Gasteiger partial charge is 0.269 e. The molecular weight excluding hydrogens is 440 g/mol. The molecule has 0 atom stereocenters. The van der Waals surface area contributed by atoms with Gasteiger partial charge in [-0.3, -0.25) is 19.6 Å². The Morgan fingerprint density at radius 1 is 1.06 bits per heavy atom. The summed E-state index contributed by atoms with van der Waals surface area (Å²) in [7, 11) is 0. The van der Waals surface area contributed by atoms with Crippen molar-refractivity contribution >= 4 is 22.6 Å². The van der Waals surface area contributed by atoms with Crippen LogP contribution in [0.2, 0.25) is 0 Å². The second-order valence-electron chi connectivity index (χ2n) is 8.66. The number of benzene rings is 1. The van der Waals surface area contributed by atoms with Gasteiger partial charge in [0.25, 0.3) is 5.91 Å². The third-order valence-electron chi connectivity index (χ3n) is 6.50. The molecule has 4 aromatic rings. The predicted octanol–water partition coefficient (Wildman–Crippen LogP) is 3.83. The van der Waals surface area contributed by atoms with E-state index in [1.165, 1.54) is 0 Å². The number of pyridine rings is 2. The SMILES string of the molecule is CCNC(=O)c1ccc(-c2cc3cccc(-c4nc(CC)n5c4CN(C(C)=O)CC5)c3cn2)cn1. The molecule has 0 bridgehead atoms. The first-order valence-electron chi connectivity index (χ1n) is 12.0. The van der Waals surface area contributed by atoms with E-state index in [2.05, 4.69) is 33.9 Å². The molecule has 3 aromatic heterocycles. The van der Waals surface area contributed by atoms with E-state index in [1.807, 2.05) is 36.2 Å². The summed E-state index contributed by atoms with van der Waals surface area (Å²) >= 11 is 0. The lowest BCUT2D eigenvalue weighted by Crippen LogP contribution is -2.37. The fraction of sp³-hybridized carbons (Fsp3) is 0.296. The van der Waals surface area contributed by atoms with E-state index in [0.717, 1.165) is 57.8 Å². The zero-order chi connectivity index (χ0) is 24.5. The molecule has 1 aromatic carbocycles. The van der Waals surface area contributed by atoms with Crippen LogP contribution in [-0.2, 0) is 24.3 Å². The number of aryl methyl sites for hydroxylation is 1. The van der Waals surface area contributed by atoms with Crippen molar-refractivity contribution in [2.75, 3.05) is 13.1 Å². The van der Waals surface area contributed by atoms with Crippen molar-refractivity contribution in [1.29, 1.82) is 0 Å². The summed E-state index contributed by atoms with van der Waals surface area (Å²) in [5, 5.41) is 4.80. The van der Waals surface area contributed by atoms with Gasteiger partial charge in [0.05, 0.1) is 23.6 Å². The lowest BCUT2D eigenvalue weighted by molar-refractivity contribution is -0.130. The van der Waals surface area contributed by atoms with Crippen molar-refractivity contribution in [3.8, 4) is 22.5 Å². The number of amides is 2. The molecule has 0 aliphatic carbocycles. The lowest BCUT2D eigenvalue weighted by atomic mass is 10.0. The van der Waals surface area contributed by atoms with Gasteiger partial charge in [0, 0.05) is 61.9 Å². The van der Waals surface area contributed by atoms with Crippen LogP contribution in [0, 0.1) is 0 Å². The van der Waals surface area contributed by atoms with Crippen molar-refractivity contribution in [1.82, 2.24) is 29.7 Å². The third kappa shape index (κ3) is 4.16. The van der Waals surface area contributed by atoms with Gasteiger partial charge in [0.15, 0.2) is 0 Å². The van der Waals surface area contributed by atoms with Crippen LogP contribution in [0.3, 0.4) is 0 Å². The number of rotatable bonds is 5. The molecule has 5 rings (SSSR count). The summed E-state index contributed by atoms with van der Waals surface area (Å²) in [5.74, 6) is 0.934. The fourth-order valence-corrected chi connectivity index (χ4v) is 4.66. The molecular formula is C27H28N6O2. The quantitative estimate of drug-likeness (QED) is 0.480. The lowest BCUT2D eigenvalue weighted by Gasteiger charge is -2.28. The summed E-state index contributed by atoms with van der Waals surface area (Å²) in [6.07, 6.45) is 4.39. The molecule has 8 heteroatoms. The second kappa shape index (κ2) is 9.29. The Morgan fingerprint density at radius 3 is 2.63 bits per heavy atom. The summed E-state index contributed by atoms with van der Waals surface area (Å²) in [6, 6.07) is 11.8. The van der Waals surface area contributed by atoms with Crippen molar-refractivity contribution in [2.45, 2.75) is 40.3 Å². The molecule has 0 spiro atoms. The van der Waals surface area contributed by atoms with E-state index >= 15 is 0 Å². The number of aromatic nitrogens is 4. The van der Waals surface area contributed by atoms with Crippen molar-refractivity contribution in [3.63, 3.8) is 0 Å². The zero-order valence-electron chi connectivity index (χ0n) is 20.2. The van der Waals surface area contributed by atoms with E-state index in [0.29, 0.717) is 25.3 Å². The van der Waals surface area contributed by atoms with E-state index in [4.69, 9.17) is 9.97 Å². The molecule has 0 unspecified atom stereocenters. The average molecular weight is 469 g/mol. The maximum atomic E-state index is 12.1. The highest BCUT2D eigenvalue weighted by Crippen LogP contribution is 2.34. The van der Waals surface area contributed by atoms with Crippen molar-refractivity contribution in [3.05, 3.63) is 66.0 Å². The molecule has 8 nitrogen and oxygen atoms in total. The topological polar surface area (TPSA) is 93.0 Å². The maximum Gasteiger partial charge on any atom is 0.269 e. The first-order chi connectivity index (χ1) is 17.0. The number of nitrogens with one attached hydrogen (secondary N) is 1. The Kier molecular flexibility index (Phi) is 6.03. The molecule has 0 radical (unpaired) electrons. The average Bonchev–Trinajstić information content (AvgIpc) is 3.26. The first kappa shape index (κ1) is 22.7. The van der Waals surface area contributed by atoms with E-state index in [-0.39, 0.29) is 11.8 Å². The highest BCUT2D eigenvalue weighted by molar-refractivity contribution is 5.97. The molecule has 35 heavy (non-hydrogen) atoms. The minimum atomic E-state index is -0.187. The fourth-order valence-electron chi connectivity index (χ4n) is 4.66. The van der Waals surface area contributed by atoms with Gasteiger partial charge in [-0.1, -0.05) is 25.1 Å². The van der Waals surface area contributed by atoms with Gasteiger partial charge in [0.2, 0.25) is 5.91 Å². The van der Waals surface area contributed by atoms with E-state index < -0.39 is 0 Å². The van der Waals surface area contributed by atoms with Gasteiger partial charge in [-0.25, -0.2) is 4.98 Å². The van der Waals surface area contributed by atoms with Crippen molar-refractivity contribution in [2.24, 2.45) is 0 Å². The number of hydrogen-bond acceptors (Lipinski definition) is 5. The number of imidazole rings is 1. The number of fused-ring (bicyclic) bond motifs is 2. The number of carbonyl (C=O) groups is 2. The van der Waals surface area contributed by atoms with Crippen molar-refractivity contribution < 1.29 is 9.59 Å². The van der Waals surface area contributed by atoms with Gasteiger partial charge in [-0.2, -0.15) is 0 Å². The highest BCUT2D eigenvalue weighted by Gasteiger charge is 2.26. The Hall–Kier alpha value is -4.07. The Bertz CT molecular complexity index is 1420. The van der Waals surface area contributed by atoms with Crippen LogP contribution in [-0.4, -0.2) is 49.3 Å². The van der Waals surface area contributed by atoms with Crippen LogP contribution in [0.15, 0.2) is 48.8 Å². The summed E-state index contributed by atoms with van der Waals surface area (Å²) in [5.41, 5.74) is 5.02. The molecule has 0 saturated heterocycles. The first-order valence-corrected chi connectivity index (χ1v) is 12.0. The summed E-state index contributed by atoms with van der Waals surface area (Å²) in [6.45, 7) is 8.19. The minimum absolute atomic E-state index is 0.0810. The monoisotopic (exact) mass is 468 g/mol. The molecule has 0 fully saturated rings. The Balaban J connectivity index is 1.54. The Morgan fingerprint density at radius 2 is 1.91 bits per heavy atom. The van der Waals surface area contributed by atoms with Crippen LogP contribution < -0.4 is 5.32 Å². The normalized spacial score (nSPS) is 13.1. The molecule has 178 valence electrons. The largest absolute Gasteiger partial charge is 0.351 e. The molecule has 2 amide bonds. The summed E-state index contributed by atoms with van der Waals surface area (Å²) in [4.78, 5) is 40.0. The standard InChI is InChI=1S/C27H28N6O2/c1-4-25-31-26(24-16-32(17(3)34)11-12-33(24)25)20-8-6-7-18-13-23(30-15-21(18)20)19-9-10-22(29-14-19)27(35)28-5-2/h6-10,13-15H,4-5,11-12,16H2,1-3H3,(H,28,35). The summed E-state index contributed by atoms with van der Waals surface area (Å²) < 4.78 is 2.26. The van der Waals surface area contributed by atoms with Crippen LogP contribution in [0.5, 0.6) is 0 Å². The zero-order valence-corrected chi connectivity index (χ0v) is 20.2. The van der Waals surface area contributed by atoms with Gasteiger partial charge >= 0.3 is 0 Å². The highest BCUT2D eigenvalue weighted by atomic mass is 16.2. The third-order valence-corrected chi connectivity index (χ3v) is 6.50. The molecule has 1 aliphatic rings. The van der Waals surface area contributed by atoms with Crippen LogP contribution in [0.25, 0.3) is 33.3 Å². The molecule has 1 N–H and O–H groups in total. The van der Waals surface area contributed by atoms with Gasteiger partial charge in [0.1, 0.15) is 11.5 Å². The second-order valence-corrected chi connectivity index (χ2v) is 8.66. The van der Waals surface area contributed by atoms with Gasteiger partial charge in [-0.05, 0) is 30.5 Å². The number of nitrogens with zero attached hydrogens (tertiary/aromatic N) is 5. The molecule has 0 saturated carbocycles. The maximum absolute atomic E-state index is 12.1. The number of carbonyl (C=O) groups excluding carboxylic acids is 2. The number of hydrogen-bond donors (Lipinski definition) is 1. The predicted molar refractivity (Wildman–Crippen MR) is 135 cm³/mol. The minimum Gasteiger partial charge on any atom is -0.351 e. The van der Waals surface area contributed by atoms with Crippen LogP contribution in [0.1, 0.15) is 42.8 Å². The Labute approximate surface area is 204 Å². The molecule has 4 heterocycles. The van der Waals surface area contributed by atoms with E-state index in [9.17, 15) is 9.59 Å².